The third-order valence-corrected chi connectivity index (χ3v) is 5.94. The normalized spacial score (nSPS) is 11.5. The van der Waals surface area contributed by atoms with E-state index in [2.05, 4.69) is 15.0 Å². The van der Waals surface area contributed by atoms with Crippen molar-refractivity contribution in [3.05, 3.63) is 75.6 Å². The number of rotatable bonds is 6. The first-order chi connectivity index (χ1) is 13.3. The molecule has 1 aromatic heterocycles. The summed E-state index contributed by atoms with van der Waals surface area (Å²) in [6.07, 6.45) is 0. The minimum atomic E-state index is -3.68. The molecule has 2 aromatic carbocycles. The third kappa shape index (κ3) is 4.29. The summed E-state index contributed by atoms with van der Waals surface area (Å²) in [5.74, 6) is -0.557. The van der Waals surface area contributed by atoms with Gasteiger partial charge in [-0.3, -0.25) is 9.59 Å². The van der Waals surface area contributed by atoms with Crippen LogP contribution >= 0.6 is 0 Å². The van der Waals surface area contributed by atoms with Crippen LogP contribution in [-0.2, 0) is 10.0 Å². The van der Waals surface area contributed by atoms with Crippen LogP contribution in [0.15, 0.2) is 58.2 Å². The Morgan fingerprint density at radius 1 is 1.04 bits per heavy atom. The molecule has 0 atom stereocenters. The molecular weight excluding hydrogens is 378 g/mol. The Kier molecular flexibility index (Phi) is 5.62. The summed E-state index contributed by atoms with van der Waals surface area (Å²) in [7, 11) is -3.68. The minimum absolute atomic E-state index is 0.00689. The van der Waals surface area contributed by atoms with E-state index in [0.717, 1.165) is 10.9 Å². The number of hydrogen-bond acceptors (Lipinski definition) is 4. The maximum Gasteiger partial charge on any atom is 0.261 e. The number of para-hydroxylation sites is 1. The van der Waals surface area contributed by atoms with Gasteiger partial charge in [-0.1, -0.05) is 30.3 Å². The van der Waals surface area contributed by atoms with Crippen molar-refractivity contribution >= 4 is 26.8 Å². The Morgan fingerprint density at radius 3 is 2.57 bits per heavy atom. The van der Waals surface area contributed by atoms with Gasteiger partial charge in [-0.25, -0.2) is 13.1 Å². The summed E-state index contributed by atoms with van der Waals surface area (Å²) in [5.41, 5.74) is 1.62. The number of carbonyl (C=O) groups is 1. The molecule has 3 aromatic rings. The zero-order chi connectivity index (χ0) is 20.3. The summed E-state index contributed by atoms with van der Waals surface area (Å²) in [5, 5.41) is 3.31. The lowest BCUT2D eigenvalue weighted by Crippen LogP contribution is -2.36. The van der Waals surface area contributed by atoms with E-state index in [4.69, 9.17) is 0 Å². The highest BCUT2D eigenvalue weighted by molar-refractivity contribution is 7.89. The molecule has 146 valence electrons. The van der Waals surface area contributed by atoms with Crippen molar-refractivity contribution in [1.82, 2.24) is 15.0 Å². The van der Waals surface area contributed by atoms with E-state index in [1.165, 1.54) is 6.07 Å². The quantitative estimate of drug-likeness (QED) is 0.550. The Bertz CT molecular complexity index is 1200. The predicted octanol–water partition coefficient (Wildman–Crippen LogP) is 1.85. The number of sulfonamides is 1. The molecule has 0 saturated heterocycles. The summed E-state index contributed by atoms with van der Waals surface area (Å²) in [4.78, 5) is 27.3. The molecule has 0 bridgehead atoms. The minimum Gasteiger partial charge on any atom is -0.351 e. The van der Waals surface area contributed by atoms with Crippen LogP contribution in [0.3, 0.4) is 0 Å². The number of nitrogens with one attached hydrogen (secondary N) is 3. The number of pyridine rings is 1. The van der Waals surface area contributed by atoms with Gasteiger partial charge in [0.1, 0.15) is 5.56 Å². The maximum atomic E-state index is 12.4. The van der Waals surface area contributed by atoms with Crippen LogP contribution in [0.25, 0.3) is 10.9 Å². The van der Waals surface area contributed by atoms with E-state index in [-0.39, 0.29) is 23.5 Å². The molecule has 0 aliphatic rings. The van der Waals surface area contributed by atoms with Crippen molar-refractivity contribution in [3.8, 4) is 0 Å². The molecule has 0 spiro atoms. The van der Waals surface area contributed by atoms with Gasteiger partial charge < -0.3 is 10.3 Å². The van der Waals surface area contributed by atoms with Crippen molar-refractivity contribution in [2.24, 2.45) is 0 Å². The van der Waals surface area contributed by atoms with E-state index in [1.807, 2.05) is 19.1 Å². The van der Waals surface area contributed by atoms with Crippen molar-refractivity contribution in [2.45, 2.75) is 18.7 Å². The van der Waals surface area contributed by atoms with Gasteiger partial charge in [0.2, 0.25) is 10.0 Å². The summed E-state index contributed by atoms with van der Waals surface area (Å²) >= 11 is 0. The Balaban J connectivity index is 1.64. The van der Waals surface area contributed by atoms with Gasteiger partial charge in [0.05, 0.1) is 4.90 Å². The zero-order valence-electron chi connectivity index (χ0n) is 15.6. The van der Waals surface area contributed by atoms with E-state index < -0.39 is 21.5 Å². The predicted molar refractivity (Wildman–Crippen MR) is 108 cm³/mol. The van der Waals surface area contributed by atoms with Crippen LogP contribution < -0.4 is 15.6 Å². The summed E-state index contributed by atoms with van der Waals surface area (Å²) < 4.78 is 27.3. The van der Waals surface area contributed by atoms with Crippen LogP contribution in [0.2, 0.25) is 0 Å². The van der Waals surface area contributed by atoms with Crippen LogP contribution in [0.1, 0.15) is 21.5 Å². The first-order valence-electron chi connectivity index (χ1n) is 8.75. The molecule has 1 heterocycles. The smallest absolute Gasteiger partial charge is 0.261 e. The average Bonchev–Trinajstić information content (AvgIpc) is 2.66. The van der Waals surface area contributed by atoms with Crippen LogP contribution in [0.5, 0.6) is 0 Å². The molecule has 0 saturated carbocycles. The third-order valence-electron chi connectivity index (χ3n) is 4.33. The van der Waals surface area contributed by atoms with E-state index >= 15 is 0 Å². The molecule has 8 heteroatoms. The Hall–Kier alpha value is -2.97. The molecule has 0 fully saturated rings. The number of hydrogen-bond donors (Lipinski definition) is 3. The van der Waals surface area contributed by atoms with E-state index in [9.17, 15) is 18.0 Å². The molecule has 0 aliphatic heterocycles. The number of benzene rings is 2. The molecule has 7 nitrogen and oxygen atoms in total. The van der Waals surface area contributed by atoms with Crippen LogP contribution in [0, 0.1) is 13.8 Å². The number of carbonyl (C=O) groups excluding carboxylic acids is 1. The van der Waals surface area contributed by atoms with Crippen molar-refractivity contribution < 1.29 is 13.2 Å². The monoisotopic (exact) mass is 399 g/mol. The van der Waals surface area contributed by atoms with Gasteiger partial charge >= 0.3 is 0 Å². The molecule has 1 amide bonds. The molecule has 0 aliphatic carbocycles. The zero-order valence-corrected chi connectivity index (χ0v) is 16.4. The highest BCUT2D eigenvalue weighted by Crippen LogP contribution is 2.16. The molecule has 0 radical (unpaired) electrons. The topological polar surface area (TPSA) is 108 Å². The number of fused-ring (bicyclic) bond motifs is 1. The second-order valence-electron chi connectivity index (χ2n) is 6.52. The second-order valence-corrected chi connectivity index (χ2v) is 8.26. The van der Waals surface area contributed by atoms with E-state index in [1.54, 1.807) is 37.3 Å². The summed E-state index contributed by atoms with van der Waals surface area (Å²) in [6, 6.07) is 13.9. The lowest BCUT2D eigenvalue weighted by molar-refractivity contribution is 0.0953. The second kappa shape index (κ2) is 7.95. The standard InChI is InChI=1S/C20H21N3O4S/c1-13-7-8-14(2)18(11-13)28(26,27)22-10-9-21-19(24)16-12-15-5-3-4-6-17(15)23-20(16)25/h3-8,11-12,22H,9-10H2,1-2H3,(H,21,24)(H,23,25). The molecule has 28 heavy (non-hydrogen) atoms. The summed E-state index contributed by atoms with van der Waals surface area (Å²) in [6.45, 7) is 3.60. The Labute approximate surface area is 162 Å². The number of H-pyrrole nitrogens is 1. The van der Waals surface area contributed by atoms with Crippen LogP contribution in [0.4, 0.5) is 0 Å². The van der Waals surface area contributed by atoms with Gasteiger partial charge in [-0.05, 0) is 48.6 Å². The van der Waals surface area contributed by atoms with Crippen LogP contribution in [-0.4, -0.2) is 32.4 Å². The lowest BCUT2D eigenvalue weighted by Gasteiger charge is -2.11. The fourth-order valence-electron chi connectivity index (χ4n) is 2.85. The SMILES string of the molecule is Cc1ccc(C)c(S(=O)(=O)NCCNC(=O)c2cc3ccccc3[nH]c2=O)c1. The molecule has 0 unspecified atom stereocenters. The molecule has 3 N–H and O–H groups in total. The largest absolute Gasteiger partial charge is 0.351 e. The van der Waals surface area contributed by atoms with Gasteiger partial charge in [0.15, 0.2) is 0 Å². The van der Waals surface area contributed by atoms with Crippen molar-refractivity contribution in [3.63, 3.8) is 0 Å². The molecular formula is C20H21N3O4S. The average molecular weight is 399 g/mol. The lowest BCUT2D eigenvalue weighted by atomic mass is 10.1. The van der Waals surface area contributed by atoms with E-state index in [0.29, 0.717) is 11.1 Å². The first-order valence-corrected chi connectivity index (χ1v) is 10.2. The van der Waals surface area contributed by atoms with Crippen molar-refractivity contribution in [1.29, 1.82) is 0 Å². The Morgan fingerprint density at radius 2 is 1.79 bits per heavy atom. The van der Waals surface area contributed by atoms with Gasteiger partial charge in [0.25, 0.3) is 11.5 Å². The van der Waals surface area contributed by atoms with Crippen molar-refractivity contribution in [2.75, 3.05) is 13.1 Å². The number of aromatic nitrogens is 1. The van der Waals surface area contributed by atoms with Gasteiger partial charge in [-0.2, -0.15) is 0 Å². The fraction of sp³-hybridized carbons (Fsp3) is 0.200. The number of aryl methyl sites for hydroxylation is 2. The number of amides is 1. The fourth-order valence-corrected chi connectivity index (χ4v) is 4.21. The highest BCUT2D eigenvalue weighted by Gasteiger charge is 2.17. The van der Waals surface area contributed by atoms with Gasteiger partial charge in [0, 0.05) is 18.6 Å². The maximum absolute atomic E-state index is 12.4. The first kappa shape index (κ1) is 19.8. The highest BCUT2D eigenvalue weighted by atomic mass is 32.2. The van der Waals surface area contributed by atoms with Gasteiger partial charge in [-0.15, -0.1) is 0 Å². The molecule has 3 rings (SSSR count). The number of aromatic amines is 1.